The van der Waals surface area contributed by atoms with Crippen molar-refractivity contribution in [3.05, 3.63) is 34.6 Å². The fraction of sp³-hybridized carbons (Fsp3) is 0.357. The van der Waals surface area contributed by atoms with E-state index in [0.29, 0.717) is 16.1 Å². The quantitative estimate of drug-likeness (QED) is 0.491. The number of para-hydroxylation sites is 1. The Bertz CT molecular complexity index is 714. The van der Waals surface area contributed by atoms with Crippen LogP contribution in [0.25, 0.3) is 10.9 Å². The maximum Gasteiger partial charge on any atom is 0.280 e. The molecule has 3 N–H and O–H groups in total. The second-order valence-electron chi connectivity index (χ2n) is 4.75. The number of nitrogens with one attached hydrogen (secondary N) is 1. The standard InChI is InChI=1S/C14H18N4O2S/c1-3-9(2)16-12(19)8-21-14-17-11-7-5-4-6-10(11)13(20)18(14)15/h4-7,9H,3,8,15H2,1-2H3,(H,16,19). The average molecular weight is 306 g/mol. The van der Waals surface area contributed by atoms with Crippen molar-refractivity contribution in [3.8, 4) is 0 Å². The van der Waals surface area contributed by atoms with Crippen LogP contribution in [0.3, 0.4) is 0 Å². The highest BCUT2D eigenvalue weighted by atomic mass is 32.2. The molecule has 0 spiro atoms. The average Bonchev–Trinajstić information content (AvgIpc) is 2.49. The summed E-state index contributed by atoms with van der Waals surface area (Å²) in [5.74, 6) is 5.82. The Morgan fingerprint density at radius 3 is 2.90 bits per heavy atom. The van der Waals surface area contributed by atoms with E-state index in [9.17, 15) is 9.59 Å². The number of nitrogen functional groups attached to an aromatic ring is 1. The van der Waals surface area contributed by atoms with Crippen molar-refractivity contribution in [2.24, 2.45) is 0 Å². The van der Waals surface area contributed by atoms with Crippen molar-refractivity contribution < 1.29 is 4.79 Å². The number of nitrogens with zero attached hydrogens (tertiary/aromatic N) is 2. The molecule has 0 saturated carbocycles. The minimum atomic E-state index is -0.314. The molecule has 21 heavy (non-hydrogen) atoms. The minimum Gasteiger partial charge on any atom is -0.353 e. The number of rotatable bonds is 5. The Kier molecular flexibility index (Phi) is 4.85. The zero-order valence-corrected chi connectivity index (χ0v) is 12.8. The van der Waals surface area contributed by atoms with E-state index in [1.807, 2.05) is 13.8 Å². The zero-order chi connectivity index (χ0) is 15.4. The smallest absolute Gasteiger partial charge is 0.280 e. The summed E-state index contributed by atoms with van der Waals surface area (Å²) in [7, 11) is 0. The van der Waals surface area contributed by atoms with Crippen LogP contribution in [0.5, 0.6) is 0 Å². The number of thioether (sulfide) groups is 1. The van der Waals surface area contributed by atoms with E-state index >= 15 is 0 Å². The molecule has 1 aromatic heterocycles. The molecule has 1 aromatic carbocycles. The molecule has 0 bridgehead atoms. The SMILES string of the molecule is CCC(C)NC(=O)CSc1nc2ccccc2c(=O)n1N. The molecule has 7 heteroatoms. The molecule has 1 amide bonds. The molecule has 1 atom stereocenters. The van der Waals surface area contributed by atoms with Gasteiger partial charge in [-0.3, -0.25) is 9.59 Å². The maximum absolute atomic E-state index is 12.1. The molecule has 0 aliphatic rings. The van der Waals surface area contributed by atoms with Crippen molar-refractivity contribution in [2.75, 3.05) is 11.6 Å². The van der Waals surface area contributed by atoms with Gasteiger partial charge >= 0.3 is 0 Å². The predicted molar refractivity (Wildman–Crippen MR) is 84.8 cm³/mol. The van der Waals surface area contributed by atoms with Crippen LogP contribution in [-0.2, 0) is 4.79 Å². The van der Waals surface area contributed by atoms with Crippen molar-refractivity contribution in [1.29, 1.82) is 0 Å². The van der Waals surface area contributed by atoms with Crippen molar-refractivity contribution in [1.82, 2.24) is 15.0 Å². The van der Waals surface area contributed by atoms with E-state index in [-0.39, 0.29) is 23.3 Å². The van der Waals surface area contributed by atoms with Gasteiger partial charge in [-0.2, -0.15) is 0 Å². The largest absolute Gasteiger partial charge is 0.353 e. The van der Waals surface area contributed by atoms with E-state index in [1.165, 1.54) is 0 Å². The van der Waals surface area contributed by atoms with Crippen LogP contribution < -0.4 is 16.7 Å². The summed E-state index contributed by atoms with van der Waals surface area (Å²) in [6.45, 7) is 3.94. The molecule has 1 unspecified atom stereocenters. The molecule has 1 heterocycles. The molecule has 0 radical (unpaired) electrons. The normalized spacial score (nSPS) is 12.3. The van der Waals surface area contributed by atoms with Crippen LogP contribution in [-0.4, -0.2) is 27.4 Å². The third-order valence-electron chi connectivity index (χ3n) is 3.13. The Balaban J connectivity index is 2.18. The van der Waals surface area contributed by atoms with Crippen molar-refractivity contribution in [3.63, 3.8) is 0 Å². The van der Waals surface area contributed by atoms with Gasteiger partial charge in [0.25, 0.3) is 5.56 Å². The van der Waals surface area contributed by atoms with Gasteiger partial charge in [0.15, 0.2) is 5.16 Å². The highest BCUT2D eigenvalue weighted by molar-refractivity contribution is 7.99. The predicted octanol–water partition coefficient (Wildman–Crippen LogP) is 1.12. The molecule has 112 valence electrons. The van der Waals surface area contributed by atoms with Crippen molar-refractivity contribution >= 4 is 28.6 Å². The molecule has 0 aliphatic carbocycles. The number of carbonyl (C=O) groups excluding carboxylic acids is 1. The Morgan fingerprint density at radius 2 is 2.19 bits per heavy atom. The number of benzene rings is 1. The van der Waals surface area contributed by atoms with Crippen LogP contribution in [0.4, 0.5) is 0 Å². The van der Waals surface area contributed by atoms with Gasteiger partial charge in [-0.25, -0.2) is 9.66 Å². The summed E-state index contributed by atoms with van der Waals surface area (Å²) in [6, 6.07) is 7.12. The number of nitrogens with two attached hydrogens (primary N) is 1. The Hall–Kier alpha value is -2.02. The van der Waals surface area contributed by atoms with Gasteiger partial charge in [0.1, 0.15) is 0 Å². The van der Waals surface area contributed by atoms with Crippen LogP contribution in [0.1, 0.15) is 20.3 Å². The first-order chi connectivity index (χ1) is 10.0. The van der Waals surface area contributed by atoms with Gasteiger partial charge in [0.05, 0.1) is 16.7 Å². The number of carbonyl (C=O) groups is 1. The molecule has 2 rings (SSSR count). The van der Waals surface area contributed by atoms with E-state index in [0.717, 1.165) is 22.9 Å². The lowest BCUT2D eigenvalue weighted by Crippen LogP contribution is -2.34. The van der Waals surface area contributed by atoms with Gasteiger partial charge in [-0.1, -0.05) is 30.8 Å². The summed E-state index contributed by atoms with van der Waals surface area (Å²) in [5.41, 5.74) is 0.263. The number of hydrogen-bond donors (Lipinski definition) is 2. The van der Waals surface area contributed by atoms with Crippen LogP contribution in [0, 0.1) is 0 Å². The van der Waals surface area contributed by atoms with E-state index in [2.05, 4.69) is 10.3 Å². The van der Waals surface area contributed by atoms with Crippen LogP contribution in [0.15, 0.2) is 34.2 Å². The van der Waals surface area contributed by atoms with E-state index in [4.69, 9.17) is 5.84 Å². The highest BCUT2D eigenvalue weighted by Crippen LogP contribution is 2.15. The molecule has 0 fully saturated rings. The van der Waals surface area contributed by atoms with Gasteiger partial charge in [0.2, 0.25) is 5.91 Å². The maximum atomic E-state index is 12.1. The molecule has 6 nitrogen and oxygen atoms in total. The third kappa shape index (κ3) is 3.55. The Labute approximate surface area is 126 Å². The second kappa shape index (κ2) is 6.62. The molecule has 0 aliphatic heterocycles. The first-order valence-electron chi connectivity index (χ1n) is 6.72. The fourth-order valence-corrected chi connectivity index (χ4v) is 2.50. The molecule has 0 saturated heterocycles. The third-order valence-corrected chi connectivity index (χ3v) is 4.08. The van der Waals surface area contributed by atoms with Gasteiger partial charge in [0, 0.05) is 6.04 Å². The first-order valence-corrected chi connectivity index (χ1v) is 7.70. The lowest BCUT2D eigenvalue weighted by atomic mass is 10.2. The van der Waals surface area contributed by atoms with Crippen molar-refractivity contribution in [2.45, 2.75) is 31.5 Å². The van der Waals surface area contributed by atoms with E-state index in [1.54, 1.807) is 24.3 Å². The summed E-state index contributed by atoms with van der Waals surface area (Å²) in [4.78, 5) is 28.2. The van der Waals surface area contributed by atoms with Crippen LogP contribution >= 0.6 is 11.8 Å². The van der Waals surface area contributed by atoms with Crippen LogP contribution in [0.2, 0.25) is 0 Å². The fourth-order valence-electron chi connectivity index (χ4n) is 1.78. The minimum absolute atomic E-state index is 0.100. The summed E-state index contributed by atoms with van der Waals surface area (Å²) >= 11 is 1.15. The Morgan fingerprint density at radius 1 is 1.48 bits per heavy atom. The first kappa shape index (κ1) is 15.4. The zero-order valence-electron chi connectivity index (χ0n) is 12.0. The molecule has 2 aromatic rings. The second-order valence-corrected chi connectivity index (χ2v) is 5.69. The number of amides is 1. The summed E-state index contributed by atoms with van der Waals surface area (Å²) in [5, 5.41) is 3.65. The van der Waals surface area contributed by atoms with E-state index < -0.39 is 0 Å². The van der Waals surface area contributed by atoms with Gasteiger partial charge < -0.3 is 11.2 Å². The van der Waals surface area contributed by atoms with Gasteiger partial charge in [-0.15, -0.1) is 0 Å². The number of hydrogen-bond acceptors (Lipinski definition) is 5. The number of fused-ring (bicyclic) bond motifs is 1. The topological polar surface area (TPSA) is 90.0 Å². The highest BCUT2D eigenvalue weighted by Gasteiger charge is 2.12. The molecular formula is C14H18N4O2S. The lowest BCUT2D eigenvalue weighted by molar-refractivity contribution is -0.119. The summed E-state index contributed by atoms with van der Waals surface area (Å²) in [6.07, 6.45) is 0.867. The lowest BCUT2D eigenvalue weighted by Gasteiger charge is -2.11. The summed E-state index contributed by atoms with van der Waals surface area (Å²) < 4.78 is 0.990. The monoisotopic (exact) mass is 306 g/mol. The van der Waals surface area contributed by atoms with Gasteiger partial charge in [-0.05, 0) is 25.5 Å². The number of aromatic nitrogens is 2. The molecular weight excluding hydrogens is 288 g/mol.